The lowest BCUT2D eigenvalue weighted by molar-refractivity contribution is 0.0858. The van der Waals surface area contributed by atoms with Crippen molar-refractivity contribution >= 4 is 21.6 Å². The van der Waals surface area contributed by atoms with Crippen LogP contribution < -0.4 is 10.0 Å². The van der Waals surface area contributed by atoms with Gasteiger partial charge in [-0.05, 0) is 38.8 Å². The first-order valence-corrected chi connectivity index (χ1v) is 9.81. The molecule has 0 saturated carbocycles. The Morgan fingerprint density at radius 2 is 2.08 bits per heavy atom. The second-order valence-corrected chi connectivity index (χ2v) is 7.77. The molecule has 1 aliphatic heterocycles. The summed E-state index contributed by atoms with van der Waals surface area (Å²) in [6, 6.07) is 6.43. The van der Waals surface area contributed by atoms with E-state index < -0.39 is 10.0 Å². The highest BCUT2D eigenvalue weighted by Crippen LogP contribution is 2.24. The summed E-state index contributed by atoms with van der Waals surface area (Å²) in [6.07, 6.45) is 1.89. The zero-order valence-electron chi connectivity index (χ0n) is 14.6. The summed E-state index contributed by atoms with van der Waals surface area (Å²) in [6.45, 7) is 4.16. The number of ether oxygens (including phenoxy) is 1. The van der Waals surface area contributed by atoms with E-state index >= 15 is 0 Å². The molecule has 8 nitrogen and oxygen atoms in total. The van der Waals surface area contributed by atoms with E-state index in [0.29, 0.717) is 13.2 Å². The van der Waals surface area contributed by atoms with E-state index in [2.05, 4.69) is 15.2 Å². The first-order chi connectivity index (χ1) is 12.4. The number of benzene rings is 1. The summed E-state index contributed by atoms with van der Waals surface area (Å²) in [5.41, 5.74) is 0.688. The molecular formula is C17H21N3O5S. The minimum absolute atomic E-state index is 0.00473. The van der Waals surface area contributed by atoms with Crippen LogP contribution in [0, 0.1) is 13.8 Å². The van der Waals surface area contributed by atoms with Crippen LogP contribution >= 0.6 is 0 Å². The van der Waals surface area contributed by atoms with E-state index in [1.54, 1.807) is 25.1 Å². The molecular weight excluding hydrogens is 358 g/mol. The number of hydrogen-bond acceptors (Lipinski definition) is 6. The number of anilines is 1. The van der Waals surface area contributed by atoms with Gasteiger partial charge in [-0.15, -0.1) is 0 Å². The molecule has 2 heterocycles. The topological polar surface area (TPSA) is 111 Å². The lowest BCUT2D eigenvalue weighted by atomic mass is 10.1. The summed E-state index contributed by atoms with van der Waals surface area (Å²) < 4.78 is 38.2. The highest BCUT2D eigenvalue weighted by Gasteiger charge is 2.26. The van der Waals surface area contributed by atoms with Crippen LogP contribution in [-0.2, 0) is 14.8 Å². The van der Waals surface area contributed by atoms with Crippen LogP contribution in [0.2, 0.25) is 0 Å². The van der Waals surface area contributed by atoms with Gasteiger partial charge < -0.3 is 14.6 Å². The molecule has 1 fully saturated rings. The molecule has 0 spiro atoms. The number of aryl methyl sites for hydroxylation is 2. The third-order valence-electron chi connectivity index (χ3n) is 4.17. The van der Waals surface area contributed by atoms with Gasteiger partial charge in [-0.3, -0.25) is 9.52 Å². The molecule has 0 unspecified atom stereocenters. The summed E-state index contributed by atoms with van der Waals surface area (Å²) in [4.78, 5) is 12.5. The van der Waals surface area contributed by atoms with Gasteiger partial charge in [0, 0.05) is 13.2 Å². The molecule has 1 amide bonds. The van der Waals surface area contributed by atoms with E-state index in [-0.39, 0.29) is 39.6 Å². The fourth-order valence-corrected chi connectivity index (χ4v) is 4.34. The number of amides is 1. The van der Waals surface area contributed by atoms with Crippen LogP contribution in [-0.4, -0.2) is 38.7 Å². The molecule has 1 aromatic carbocycles. The third-order valence-corrected chi connectivity index (χ3v) is 5.78. The van der Waals surface area contributed by atoms with Crippen LogP contribution in [0.1, 0.15) is 34.7 Å². The summed E-state index contributed by atoms with van der Waals surface area (Å²) in [5.74, 6) is -0.173. The number of rotatable bonds is 6. The molecule has 2 N–H and O–H groups in total. The molecule has 26 heavy (non-hydrogen) atoms. The lowest BCUT2D eigenvalue weighted by Crippen LogP contribution is -2.32. The van der Waals surface area contributed by atoms with Crippen molar-refractivity contribution in [2.24, 2.45) is 0 Å². The van der Waals surface area contributed by atoms with Gasteiger partial charge >= 0.3 is 0 Å². The standard InChI is InChI=1S/C17H21N3O5S/c1-11-16(12(2)25-19-11)26(22,23)20-15-8-4-3-7-14(15)17(21)18-10-13-6-5-9-24-13/h3-4,7-8,13,20H,5-6,9-10H2,1-2H3,(H,18,21)/t13-/m1/s1. The smallest absolute Gasteiger partial charge is 0.267 e. The van der Waals surface area contributed by atoms with Gasteiger partial charge in [-0.1, -0.05) is 17.3 Å². The van der Waals surface area contributed by atoms with Crippen molar-refractivity contribution in [3.8, 4) is 0 Å². The van der Waals surface area contributed by atoms with Gasteiger partial charge in [-0.2, -0.15) is 0 Å². The number of hydrogen-bond donors (Lipinski definition) is 2. The van der Waals surface area contributed by atoms with Crippen LogP contribution in [0.3, 0.4) is 0 Å². The van der Waals surface area contributed by atoms with E-state index in [0.717, 1.165) is 12.8 Å². The van der Waals surface area contributed by atoms with Crippen molar-refractivity contribution in [1.82, 2.24) is 10.5 Å². The first kappa shape index (κ1) is 18.4. The summed E-state index contributed by atoms with van der Waals surface area (Å²) in [7, 11) is -3.93. The summed E-state index contributed by atoms with van der Waals surface area (Å²) in [5, 5.41) is 6.46. The molecule has 1 aliphatic rings. The van der Waals surface area contributed by atoms with E-state index in [1.165, 1.54) is 13.0 Å². The lowest BCUT2D eigenvalue weighted by Gasteiger charge is -2.14. The molecule has 1 aromatic heterocycles. The largest absolute Gasteiger partial charge is 0.376 e. The van der Waals surface area contributed by atoms with Crippen LogP contribution in [0.5, 0.6) is 0 Å². The molecule has 1 saturated heterocycles. The summed E-state index contributed by atoms with van der Waals surface area (Å²) >= 11 is 0. The van der Waals surface area contributed by atoms with Crippen molar-refractivity contribution in [2.45, 2.75) is 37.7 Å². The molecule has 140 valence electrons. The third kappa shape index (κ3) is 3.88. The number of carbonyl (C=O) groups is 1. The zero-order valence-corrected chi connectivity index (χ0v) is 15.4. The molecule has 9 heteroatoms. The maximum absolute atomic E-state index is 12.7. The van der Waals surface area contributed by atoms with Crippen molar-refractivity contribution in [3.63, 3.8) is 0 Å². The quantitative estimate of drug-likeness (QED) is 0.794. The second-order valence-electron chi connectivity index (χ2n) is 6.15. The zero-order chi connectivity index (χ0) is 18.7. The molecule has 3 rings (SSSR count). The predicted octanol–water partition coefficient (Wildman–Crippen LogP) is 2.00. The Morgan fingerprint density at radius 1 is 1.31 bits per heavy atom. The Labute approximate surface area is 152 Å². The fraction of sp³-hybridized carbons (Fsp3) is 0.412. The number of carbonyl (C=O) groups excluding carboxylic acids is 1. The van der Waals surface area contributed by atoms with Gasteiger partial charge in [0.15, 0.2) is 10.7 Å². The Bertz CT molecular complexity index is 881. The Morgan fingerprint density at radius 3 is 2.73 bits per heavy atom. The highest BCUT2D eigenvalue weighted by molar-refractivity contribution is 7.92. The Hall–Kier alpha value is -2.39. The predicted molar refractivity (Wildman–Crippen MR) is 94.5 cm³/mol. The molecule has 0 aliphatic carbocycles. The minimum Gasteiger partial charge on any atom is -0.376 e. The van der Waals surface area contributed by atoms with Gasteiger partial charge in [0.25, 0.3) is 15.9 Å². The highest BCUT2D eigenvalue weighted by atomic mass is 32.2. The van der Waals surface area contributed by atoms with Gasteiger partial charge in [0.2, 0.25) is 0 Å². The Kier molecular flexibility index (Phi) is 5.28. The van der Waals surface area contributed by atoms with Crippen molar-refractivity contribution < 1.29 is 22.5 Å². The maximum Gasteiger partial charge on any atom is 0.267 e. The molecule has 0 bridgehead atoms. The van der Waals surface area contributed by atoms with Crippen LogP contribution in [0.15, 0.2) is 33.7 Å². The number of aromatic nitrogens is 1. The average Bonchev–Trinajstić information content (AvgIpc) is 3.22. The SMILES string of the molecule is Cc1noc(C)c1S(=O)(=O)Nc1ccccc1C(=O)NC[C@H]1CCCO1. The van der Waals surface area contributed by atoms with Crippen LogP contribution in [0.25, 0.3) is 0 Å². The normalized spacial score (nSPS) is 17.2. The number of para-hydroxylation sites is 1. The average molecular weight is 379 g/mol. The van der Waals surface area contributed by atoms with Gasteiger partial charge in [-0.25, -0.2) is 8.42 Å². The van der Waals surface area contributed by atoms with Crippen LogP contribution in [0.4, 0.5) is 5.69 Å². The van der Waals surface area contributed by atoms with Crippen molar-refractivity contribution in [1.29, 1.82) is 0 Å². The van der Waals surface area contributed by atoms with E-state index in [4.69, 9.17) is 9.26 Å². The second kappa shape index (κ2) is 7.46. The minimum atomic E-state index is -3.93. The Balaban J connectivity index is 1.79. The first-order valence-electron chi connectivity index (χ1n) is 8.33. The monoisotopic (exact) mass is 379 g/mol. The van der Waals surface area contributed by atoms with Crippen molar-refractivity contribution in [2.75, 3.05) is 17.9 Å². The van der Waals surface area contributed by atoms with Crippen molar-refractivity contribution in [3.05, 3.63) is 41.3 Å². The maximum atomic E-state index is 12.7. The van der Waals surface area contributed by atoms with E-state index in [9.17, 15) is 13.2 Å². The number of nitrogens with zero attached hydrogens (tertiary/aromatic N) is 1. The van der Waals surface area contributed by atoms with Gasteiger partial charge in [0.05, 0.1) is 17.4 Å². The molecule has 2 aromatic rings. The molecule has 1 atom stereocenters. The molecule has 0 radical (unpaired) electrons. The van der Waals surface area contributed by atoms with Gasteiger partial charge in [0.1, 0.15) is 5.69 Å². The number of nitrogens with one attached hydrogen (secondary N) is 2. The fourth-order valence-electron chi connectivity index (χ4n) is 2.93. The van der Waals surface area contributed by atoms with E-state index in [1.807, 2.05) is 0 Å². The number of sulfonamides is 1.